The number of methoxy groups -OCH3 is 1. The zero-order chi connectivity index (χ0) is 13.7. The van der Waals surface area contributed by atoms with Gasteiger partial charge < -0.3 is 14.6 Å². The molecule has 1 aromatic heterocycles. The molecule has 98 valence electrons. The summed E-state index contributed by atoms with van der Waals surface area (Å²) < 4.78 is 10.7. The molecule has 0 unspecified atom stereocenters. The number of aromatic carboxylic acids is 1. The summed E-state index contributed by atoms with van der Waals surface area (Å²) in [6.07, 6.45) is 3.32. The van der Waals surface area contributed by atoms with Crippen molar-refractivity contribution >= 4 is 5.97 Å². The Labute approximate surface area is 110 Å². The van der Waals surface area contributed by atoms with Crippen molar-refractivity contribution in [1.29, 1.82) is 0 Å². The summed E-state index contributed by atoms with van der Waals surface area (Å²) >= 11 is 0. The molecule has 2 aromatic rings. The molecule has 0 aliphatic rings. The van der Waals surface area contributed by atoms with Crippen LogP contribution in [0.25, 0.3) is 0 Å². The summed E-state index contributed by atoms with van der Waals surface area (Å²) in [5.41, 5.74) is 0.924. The molecule has 1 aromatic carbocycles. The second-order valence-electron chi connectivity index (χ2n) is 3.79. The van der Waals surface area contributed by atoms with Gasteiger partial charge >= 0.3 is 5.97 Å². The lowest BCUT2D eigenvalue weighted by Crippen LogP contribution is -2.05. The molecular weight excluding hydrogens is 246 g/mol. The molecule has 1 heterocycles. The van der Waals surface area contributed by atoms with Crippen molar-refractivity contribution in [2.75, 3.05) is 7.11 Å². The largest absolute Gasteiger partial charge is 0.493 e. The minimum Gasteiger partial charge on any atom is -0.493 e. The third-order valence-electron chi connectivity index (χ3n) is 2.54. The number of carboxylic acid groups (broad SMARTS) is 1. The molecule has 0 bridgehead atoms. The number of ether oxygens (including phenoxy) is 2. The maximum atomic E-state index is 11.2. The van der Waals surface area contributed by atoms with Gasteiger partial charge in [-0.3, -0.25) is 4.98 Å². The van der Waals surface area contributed by atoms with Crippen LogP contribution in [0, 0.1) is 0 Å². The highest BCUT2D eigenvalue weighted by Crippen LogP contribution is 2.31. The van der Waals surface area contributed by atoms with Crippen LogP contribution in [0.5, 0.6) is 11.5 Å². The average molecular weight is 259 g/mol. The van der Waals surface area contributed by atoms with E-state index in [-0.39, 0.29) is 17.9 Å². The molecule has 0 fully saturated rings. The first-order valence-corrected chi connectivity index (χ1v) is 5.64. The number of para-hydroxylation sites is 1. The number of hydrogen-bond donors (Lipinski definition) is 1. The Kier molecular flexibility index (Phi) is 3.97. The molecule has 5 nitrogen and oxygen atoms in total. The van der Waals surface area contributed by atoms with E-state index in [0.717, 1.165) is 5.56 Å². The van der Waals surface area contributed by atoms with Crippen molar-refractivity contribution in [2.24, 2.45) is 0 Å². The molecule has 2 rings (SSSR count). The Morgan fingerprint density at radius 1 is 1.32 bits per heavy atom. The van der Waals surface area contributed by atoms with E-state index in [0.29, 0.717) is 5.75 Å². The Bertz CT molecular complexity index is 569. The van der Waals surface area contributed by atoms with Crippen LogP contribution in [0.2, 0.25) is 0 Å². The molecule has 0 aliphatic carbocycles. The molecule has 0 radical (unpaired) electrons. The lowest BCUT2D eigenvalue weighted by Gasteiger charge is -2.12. The van der Waals surface area contributed by atoms with E-state index < -0.39 is 5.97 Å². The van der Waals surface area contributed by atoms with Gasteiger partial charge in [-0.05, 0) is 18.2 Å². The van der Waals surface area contributed by atoms with Crippen LogP contribution in [-0.2, 0) is 6.61 Å². The highest BCUT2D eigenvalue weighted by Gasteiger charge is 2.16. The minimum atomic E-state index is -1.06. The van der Waals surface area contributed by atoms with Gasteiger partial charge in [0, 0.05) is 18.0 Å². The molecule has 19 heavy (non-hydrogen) atoms. The third kappa shape index (κ3) is 3.01. The number of aromatic nitrogens is 1. The van der Waals surface area contributed by atoms with Gasteiger partial charge in [-0.2, -0.15) is 0 Å². The van der Waals surface area contributed by atoms with Crippen LogP contribution in [0.4, 0.5) is 0 Å². The monoisotopic (exact) mass is 259 g/mol. The summed E-state index contributed by atoms with van der Waals surface area (Å²) in [4.78, 5) is 15.1. The second kappa shape index (κ2) is 5.86. The van der Waals surface area contributed by atoms with E-state index in [1.54, 1.807) is 30.6 Å². The maximum absolute atomic E-state index is 11.2. The Hall–Kier alpha value is -2.56. The van der Waals surface area contributed by atoms with Crippen molar-refractivity contribution in [3.63, 3.8) is 0 Å². The molecule has 0 atom stereocenters. The van der Waals surface area contributed by atoms with E-state index in [4.69, 9.17) is 14.6 Å². The molecular formula is C14H13NO4. The van der Waals surface area contributed by atoms with Gasteiger partial charge in [-0.25, -0.2) is 4.79 Å². The first-order valence-electron chi connectivity index (χ1n) is 5.64. The molecule has 0 aliphatic heterocycles. The van der Waals surface area contributed by atoms with E-state index in [9.17, 15) is 4.79 Å². The summed E-state index contributed by atoms with van der Waals surface area (Å²) in [6.45, 7) is 0.231. The van der Waals surface area contributed by atoms with Crippen LogP contribution in [0.3, 0.4) is 0 Å². The Morgan fingerprint density at radius 3 is 2.79 bits per heavy atom. The lowest BCUT2D eigenvalue weighted by atomic mass is 10.2. The van der Waals surface area contributed by atoms with Crippen molar-refractivity contribution in [3.05, 3.63) is 53.9 Å². The molecule has 1 N–H and O–H groups in total. The fourth-order valence-corrected chi connectivity index (χ4v) is 1.63. The van der Waals surface area contributed by atoms with Crippen LogP contribution in [0.1, 0.15) is 15.9 Å². The summed E-state index contributed by atoms with van der Waals surface area (Å²) in [5, 5.41) is 9.13. The number of benzene rings is 1. The van der Waals surface area contributed by atoms with E-state index in [1.165, 1.54) is 13.2 Å². The number of pyridine rings is 1. The molecule has 0 saturated carbocycles. The number of hydrogen-bond acceptors (Lipinski definition) is 4. The normalized spacial score (nSPS) is 9.95. The topological polar surface area (TPSA) is 68.7 Å². The maximum Gasteiger partial charge on any atom is 0.339 e. The molecule has 0 saturated heterocycles. The smallest absolute Gasteiger partial charge is 0.339 e. The second-order valence-corrected chi connectivity index (χ2v) is 3.79. The lowest BCUT2D eigenvalue weighted by molar-refractivity contribution is 0.0691. The van der Waals surface area contributed by atoms with Crippen LogP contribution >= 0.6 is 0 Å². The van der Waals surface area contributed by atoms with E-state index in [1.807, 2.05) is 6.07 Å². The van der Waals surface area contributed by atoms with Crippen molar-refractivity contribution < 1.29 is 19.4 Å². The van der Waals surface area contributed by atoms with Gasteiger partial charge in [0.15, 0.2) is 11.5 Å². The Balaban J connectivity index is 2.25. The van der Waals surface area contributed by atoms with E-state index >= 15 is 0 Å². The van der Waals surface area contributed by atoms with Gasteiger partial charge in [0.1, 0.15) is 12.2 Å². The summed E-state index contributed by atoms with van der Waals surface area (Å²) in [6, 6.07) is 8.38. The van der Waals surface area contributed by atoms with Crippen LogP contribution in [-0.4, -0.2) is 23.2 Å². The predicted molar refractivity (Wildman–Crippen MR) is 68.5 cm³/mol. The Morgan fingerprint density at radius 2 is 2.16 bits per heavy atom. The van der Waals surface area contributed by atoms with Gasteiger partial charge in [-0.15, -0.1) is 0 Å². The fourth-order valence-electron chi connectivity index (χ4n) is 1.63. The minimum absolute atomic E-state index is 0.0724. The van der Waals surface area contributed by atoms with Gasteiger partial charge in [0.25, 0.3) is 0 Å². The van der Waals surface area contributed by atoms with Gasteiger partial charge in [0.2, 0.25) is 0 Å². The standard InChI is InChI=1S/C14H13NO4/c1-18-12-6-2-5-11(14(16)17)13(12)19-9-10-4-3-7-15-8-10/h2-8H,9H2,1H3,(H,16,17). The first kappa shape index (κ1) is 12.9. The quantitative estimate of drug-likeness (QED) is 0.892. The molecule has 5 heteroatoms. The number of carboxylic acids is 1. The number of nitrogens with zero attached hydrogens (tertiary/aromatic N) is 1. The highest BCUT2D eigenvalue weighted by atomic mass is 16.5. The zero-order valence-electron chi connectivity index (χ0n) is 10.4. The van der Waals surface area contributed by atoms with Crippen LogP contribution in [0.15, 0.2) is 42.7 Å². The van der Waals surface area contributed by atoms with Crippen molar-refractivity contribution in [1.82, 2.24) is 4.98 Å². The zero-order valence-corrected chi connectivity index (χ0v) is 10.4. The molecule has 0 spiro atoms. The van der Waals surface area contributed by atoms with Crippen molar-refractivity contribution in [2.45, 2.75) is 6.61 Å². The molecule has 0 amide bonds. The van der Waals surface area contributed by atoms with E-state index in [2.05, 4.69) is 4.98 Å². The number of carbonyl (C=O) groups is 1. The predicted octanol–water partition coefficient (Wildman–Crippen LogP) is 2.37. The van der Waals surface area contributed by atoms with Gasteiger partial charge in [0.05, 0.1) is 7.11 Å². The summed E-state index contributed by atoms with van der Waals surface area (Å²) in [7, 11) is 1.47. The summed E-state index contributed by atoms with van der Waals surface area (Å²) in [5.74, 6) is -0.440. The first-order chi connectivity index (χ1) is 9.22. The fraction of sp³-hybridized carbons (Fsp3) is 0.143. The SMILES string of the molecule is COc1cccc(C(=O)O)c1OCc1cccnc1. The average Bonchev–Trinajstić information content (AvgIpc) is 2.45. The van der Waals surface area contributed by atoms with Crippen molar-refractivity contribution in [3.8, 4) is 11.5 Å². The highest BCUT2D eigenvalue weighted by molar-refractivity contribution is 5.92. The van der Waals surface area contributed by atoms with Gasteiger partial charge in [-0.1, -0.05) is 12.1 Å². The third-order valence-corrected chi connectivity index (χ3v) is 2.54. The number of rotatable bonds is 5. The van der Waals surface area contributed by atoms with Crippen LogP contribution < -0.4 is 9.47 Å².